The maximum absolute atomic E-state index is 11.8. The number of carbonyl (C=O) groups is 1. The average Bonchev–Trinajstić information content (AvgIpc) is 3.10. The fourth-order valence-corrected chi connectivity index (χ4v) is 2.53. The second-order valence-electron chi connectivity index (χ2n) is 5.85. The summed E-state index contributed by atoms with van der Waals surface area (Å²) >= 11 is 6.04. The fraction of sp³-hybridized carbons (Fsp3) is 0.143. The number of rotatable bonds is 7. The van der Waals surface area contributed by atoms with Gasteiger partial charge in [-0.15, -0.1) is 0 Å². The van der Waals surface area contributed by atoms with Gasteiger partial charge in [0.25, 0.3) is 0 Å². The SMILES string of the molecule is Cn1ccnc1COc1ccc(COC(=O)C=Cc2ccccc2Cl)cc1. The van der Waals surface area contributed by atoms with Crippen molar-refractivity contribution in [2.24, 2.45) is 7.05 Å². The highest BCUT2D eigenvalue weighted by Gasteiger charge is 2.03. The van der Waals surface area contributed by atoms with Crippen LogP contribution in [0.3, 0.4) is 0 Å². The summed E-state index contributed by atoms with van der Waals surface area (Å²) in [6.45, 7) is 0.579. The third-order valence-corrected chi connectivity index (χ3v) is 4.24. The molecule has 3 rings (SSSR count). The van der Waals surface area contributed by atoms with Crippen molar-refractivity contribution in [3.63, 3.8) is 0 Å². The zero-order chi connectivity index (χ0) is 19.1. The number of hydrogen-bond donors (Lipinski definition) is 0. The molecule has 0 atom stereocenters. The molecule has 0 radical (unpaired) electrons. The lowest BCUT2D eigenvalue weighted by molar-refractivity contribution is -0.138. The Labute approximate surface area is 162 Å². The molecule has 0 amide bonds. The number of hydrogen-bond acceptors (Lipinski definition) is 4. The highest BCUT2D eigenvalue weighted by Crippen LogP contribution is 2.17. The van der Waals surface area contributed by atoms with Crippen molar-refractivity contribution in [2.75, 3.05) is 0 Å². The van der Waals surface area contributed by atoms with Crippen molar-refractivity contribution in [3.8, 4) is 5.75 Å². The molecule has 1 aromatic heterocycles. The molecular weight excluding hydrogens is 364 g/mol. The van der Waals surface area contributed by atoms with Gasteiger partial charge in [0.05, 0.1) is 0 Å². The highest BCUT2D eigenvalue weighted by molar-refractivity contribution is 6.32. The minimum atomic E-state index is -0.426. The number of halogens is 1. The second-order valence-corrected chi connectivity index (χ2v) is 6.26. The molecular formula is C21H19ClN2O3. The van der Waals surface area contributed by atoms with Crippen molar-refractivity contribution < 1.29 is 14.3 Å². The van der Waals surface area contributed by atoms with Gasteiger partial charge in [-0.3, -0.25) is 0 Å². The molecule has 0 spiro atoms. The van der Waals surface area contributed by atoms with Gasteiger partial charge in [-0.25, -0.2) is 9.78 Å². The van der Waals surface area contributed by atoms with E-state index in [0.717, 1.165) is 22.7 Å². The summed E-state index contributed by atoms with van der Waals surface area (Å²) in [5, 5.41) is 0.586. The van der Waals surface area contributed by atoms with Gasteiger partial charge in [0.2, 0.25) is 0 Å². The van der Waals surface area contributed by atoms with Gasteiger partial charge in [0.1, 0.15) is 24.8 Å². The molecule has 2 aromatic carbocycles. The minimum absolute atomic E-state index is 0.186. The third-order valence-electron chi connectivity index (χ3n) is 3.90. The predicted octanol–water partition coefficient (Wildman–Crippen LogP) is 4.41. The molecule has 0 saturated carbocycles. The largest absolute Gasteiger partial charge is 0.486 e. The highest BCUT2D eigenvalue weighted by atomic mass is 35.5. The van der Waals surface area contributed by atoms with E-state index < -0.39 is 5.97 Å². The van der Waals surface area contributed by atoms with Gasteiger partial charge in [-0.2, -0.15) is 0 Å². The summed E-state index contributed by atoms with van der Waals surface area (Å²) in [6.07, 6.45) is 6.61. The Kier molecular flexibility index (Phi) is 6.28. The Morgan fingerprint density at radius 3 is 2.63 bits per heavy atom. The third kappa shape index (κ3) is 5.46. The summed E-state index contributed by atoms with van der Waals surface area (Å²) in [7, 11) is 1.92. The van der Waals surface area contributed by atoms with Crippen molar-refractivity contribution >= 4 is 23.6 Å². The van der Waals surface area contributed by atoms with Crippen LogP contribution in [0.4, 0.5) is 0 Å². The van der Waals surface area contributed by atoms with Gasteiger partial charge in [0, 0.05) is 30.5 Å². The lowest BCUT2D eigenvalue weighted by Gasteiger charge is -2.07. The Balaban J connectivity index is 1.47. The van der Waals surface area contributed by atoms with Crippen molar-refractivity contribution in [3.05, 3.63) is 89.0 Å². The number of carbonyl (C=O) groups excluding carboxylic acids is 1. The Morgan fingerprint density at radius 1 is 1.15 bits per heavy atom. The molecule has 0 aliphatic carbocycles. The Bertz CT molecular complexity index is 933. The molecule has 6 heteroatoms. The minimum Gasteiger partial charge on any atom is -0.486 e. The van der Waals surface area contributed by atoms with E-state index in [-0.39, 0.29) is 6.61 Å². The zero-order valence-electron chi connectivity index (χ0n) is 14.8. The standard InChI is InChI=1S/C21H19ClN2O3/c1-24-13-12-23-20(24)15-26-18-9-6-16(7-10-18)14-27-21(25)11-8-17-4-2-3-5-19(17)22/h2-13H,14-15H2,1H3. The molecule has 0 fully saturated rings. The van der Waals surface area contributed by atoms with Crippen molar-refractivity contribution in [2.45, 2.75) is 13.2 Å². The molecule has 0 unspecified atom stereocenters. The summed E-state index contributed by atoms with van der Waals surface area (Å²) in [4.78, 5) is 16.1. The summed E-state index contributed by atoms with van der Waals surface area (Å²) in [6, 6.07) is 14.7. The van der Waals surface area contributed by atoms with E-state index in [9.17, 15) is 4.79 Å². The van der Waals surface area contributed by atoms with E-state index in [1.165, 1.54) is 6.08 Å². The van der Waals surface area contributed by atoms with Crippen LogP contribution in [-0.4, -0.2) is 15.5 Å². The summed E-state index contributed by atoms with van der Waals surface area (Å²) in [5.74, 6) is 1.15. The second kappa shape index (κ2) is 9.05. The van der Waals surface area contributed by atoms with Crippen LogP contribution in [0, 0.1) is 0 Å². The Hall–Kier alpha value is -3.05. The first-order chi connectivity index (χ1) is 13.1. The topological polar surface area (TPSA) is 53.4 Å². The molecule has 5 nitrogen and oxygen atoms in total. The van der Waals surface area contributed by atoms with E-state index in [1.807, 2.05) is 60.3 Å². The lowest BCUT2D eigenvalue weighted by Crippen LogP contribution is -2.03. The number of benzene rings is 2. The normalized spacial score (nSPS) is 10.9. The molecule has 1 heterocycles. The first-order valence-corrected chi connectivity index (χ1v) is 8.77. The fourth-order valence-electron chi connectivity index (χ4n) is 2.34. The summed E-state index contributed by atoms with van der Waals surface area (Å²) in [5.41, 5.74) is 1.64. The van der Waals surface area contributed by atoms with Gasteiger partial charge in [-0.1, -0.05) is 41.9 Å². The van der Waals surface area contributed by atoms with Gasteiger partial charge in [0.15, 0.2) is 0 Å². The van der Waals surface area contributed by atoms with E-state index in [1.54, 1.807) is 18.3 Å². The average molecular weight is 383 g/mol. The molecule has 0 bridgehead atoms. The van der Waals surface area contributed by atoms with Crippen LogP contribution < -0.4 is 4.74 Å². The van der Waals surface area contributed by atoms with Crippen LogP contribution in [0.15, 0.2) is 67.0 Å². The molecule has 0 aliphatic rings. The van der Waals surface area contributed by atoms with Crippen LogP contribution in [0.5, 0.6) is 5.75 Å². The molecule has 0 aliphatic heterocycles. The number of imidazole rings is 1. The molecule has 138 valence electrons. The monoisotopic (exact) mass is 382 g/mol. The van der Waals surface area contributed by atoms with Crippen LogP contribution >= 0.6 is 11.6 Å². The number of esters is 1. The molecule has 27 heavy (non-hydrogen) atoms. The number of aryl methyl sites for hydroxylation is 1. The summed E-state index contributed by atoms with van der Waals surface area (Å²) < 4.78 is 12.8. The van der Waals surface area contributed by atoms with Crippen molar-refractivity contribution in [1.29, 1.82) is 0 Å². The first kappa shape index (κ1) is 18.7. The van der Waals surface area contributed by atoms with E-state index in [2.05, 4.69) is 4.98 Å². The van der Waals surface area contributed by atoms with Gasteiger partial charge < -0.3 is 14.0 Å². The maximum atomic E-state index is 11.8. The van der Waals surface area contributed by atoms with Crippen LogP contribution in [0.2, 0.25) is 5.02 Å². The van der Waals surface area contributed by atoms with Crippen molar-refractivity contribution in [1.82, 2.24) is 9.55 Å². The van der Waals surface area contributed by atoms with Gasteiger partial charge >= 0.3 is 5.97 Å². The lowest BCUT2D eigenvalue weighted by atomic mass is 10.2. The zero-order valence-corrected chi connectivity index (χ0v) is 15.6. The Morgan fingerprint density at radius 2 is 1.93 bits per heavy atom. The molecule has 0 N–H and O–H groups in total. The molecule has 0 saturated heterocycles. The maximum Gasteiger partial charge on any atom is 0.331 e. The molecule has 3 aromatic rings. The van der Waals surface area contributed by atoms with Crippen LogP contribution in [-0.2, 0) is 29.8 Å². The smallest absolute Gasteiger partial charge is 0.331 e. The number of nitrogens with zero attached hydrogens (tertiary/aromatic N) is 2. The van der Waals surface area contributed by atoms with E-state index >= 15 is 0 Å². The first-order valence-electron chi connectivity index (χ1n) is 8.39. The van der Waals surface area contributed by atoms with E-state index in [4.69, 9.17) is 21.1 Å². The quantitative estimate of drug-likeness (QED) is 0.448. The number of aromatic nitrogens is 2. The predicted molar refractivity (Wildman–Crippen MR) is 104 cm³/mol. The van der Waals surface area contributed by atoms with Gasteiger partial charge in [-0.05, 0) is 35.4 Å². The van der Waals surface area contributed by atoms with Crippen LogP contribution in [0.25, 0.3) is 6.08 Å². The van der Waals surface area contributed by atoms with E-state index in [0.29, 0.717) is 11.6 Å². The van der Waals surface area contributed by atoms with Crippen LogP contribution in [0.1, 0.15) is 17.0 Å². The number of ether oxygens (including phenoxy) is 2.